The minimum Gasteiger partial charge on any atom is -0.367 e. The Kier molecular flexibility index (Phi) is 5.46. The quantitative estimate of drug-likeness (QED) is 0.684. The van der Waals surface area contributed by atoms with Gasteiger partial charge in [0.15, 0.2) is 5.78 Å². The van der Waals surface area contributed by atoms with Crippen molar-refractivity contribution in [2.45, 2.75) is 32.2 Å². The number of hydrogen-bond donors (Lipinski definition) is 0. The van der Waals surface area contributed by atoms with Crippen molar-refractivity contribution >= 4 is 5.78 Å². The summed E-state index contributed by atoms with van der Waals surface area (Å²) in [6, 6.07) is 0. The number of imidazole rings is 1. The van der Waals surface area contributed by atoms with Crippen molar-refractivity contribution in [3.05, 3.63) is 18.2 Å². The number of alkyl halides is 4. The van der Waals surface area contributed by atoms with Gasteiger partial charge in [-0.15, -0.1) is 0 Å². The van der Waals surface area contributed by atoms with Crippen molar-refractivity contribution in [1.82, 2.24) is 9.55 Å². The van der Waals surface area contributed by atoms with Gasteiger partial charge in [-0.05, 0) is 6.92 Å². The van der Waals surface area contributed by atoms with Crippen LogP contribution in [0.15, 0.2) is 12.4 Å². The number of ether oxygens (including phenoxy) is 1. The third kappa shape index (κ3) is 4.62. The second kappa shape index (κ2) is 6.65. The predicted molar refractivity (Wildman–Crippen MR) is 58.4 cm³/mol. The van der Waals surface area contributed by atoms with Crippen molar-refractivity contribution in [2.75, 3.05) is 13.2 Å². The molecule has 0 atom stereocenters. The largest absolute Gasteiger partial charge is 0.367 e. The van der Waals surface area contributed by atoms with Crippen LogP contribution in [0.5, 0.6) is 0 Å². The minimum absolute atomic E-state index is 0.0823. The smallest absolute Gasteiger partial charge is 0.330 e. The van der Waals surface area contributed by atoms with E-state index in [0.29, 0.717) is 12.4 Å². The maximum absolute atomic E-state index is 12.5. The Morgan fingerprint density at radius 2 is 2.21 bits per heavy atom. The van der Waals surface area contributed by atoms with Crippen molar-refractivity contribution in [2.24, 2.45) is 0 Å². The summed E-state index contributed by atoms with van der Waals surface area (Å²) in [4.78, 5) is 15.4. The molecule has 0 aliphatic rings. The number of rotatable bonds is 8. The number of aryl methyl sites for hydroxylation is 1. The molecule has 1 aromatic heterocycles. The molecule has 0 saturated carbocycles. The lowest BCUT2D eigenvalue weighted by Crippen LogP contribution is -2.33. The molecule has 0 radical (unpaired) electrons. The molecule has 0 aliphatic carbocycles. The van der Waals surface area contributed by atoms with E-state index in [-0.39, 0.29) is 6.42 Å². The molecule has 0 saturated heterocycles. The van der Waals surface area contributed by atoms with Crippen LogP contribution in [-0.2, 0) is 22.5 Å². The van der Waals surface area contributed by atoms with Gasteiger partial charge in [-0.2, -0.15) is 8.78 Å². The standard InChI is InChI=1S/C11H14F4N2O2/c1-2-17-4-3-16-9(17)5-8(18)6-19-7-11(14,15)10(12)13/h3-4,10H,2,5-7H2,1H3. The normalized spacial score (nSPS) is 12.1. The second-order valence-corrected chi connectivity index (χ2v) is 3.90. The Hall–Kier alpha value is -1.44. The fourth-order valence-electron chi connectivity index (χ4n) is 1.39. The van der Waals surface area contributed by atoms with Crippen LogP contribution in [0, 0.1) is 0 Å². The van der Waals surface area contributed by atoms with Crippen LogP contribution in [0.4, 0.5) is 17.6 Å². The zero-order valence-electron chi connectivity index (χ0n) is 10.3. The Morgan fingerprint density at radius 1 is 1.53 bits per heavy atom. The summed E-state index contributed by atoms with van der Waals surface area (Å²) in [5.74, 6) is -4.25. The third-order valence-electron chi connectivity index (χ3n) is 2.37. The van der Waals surface area contributed by atoms with Gasteiger partial charge >= 0.3 is 12.3 Å². The van der Waals surface area contributed by atoms with Gasteiger partial charge in [0, 0.05) is 18.9 Å². The zero-order valence-corrected chi connectivity index (χ0v) is 10.3. The Bertz CT molecular complexity index is 421. The maximum Gasteiger partial charge on any atom is 0.330 e. The van der Waals surface area contributed by atoms with E-state index in [4.69, 9.17) is 0 Å². The highest BCUT2D eigenvalue weighted by Crippen LogP contribution is 2.22. The van der Waals surface area contributed by atoms with Crippen LogP contribution in [0.2, 0.25) is 0 Å². The van der Waals surface area contributed by atoms with Gasteiger partial charge in [0.25, 0.3) is 0 Å². The molecule has 0 bridgehead atoms. The lowest BCUT2D eigenvalue weighted by molar-refractivity contribution is -0.168. The molecule has 0 aromatic carbocycles. The highest BCUT2D eigenvalue weighted by molar-refractivity contribution is 5.81. The number of aromatic nitrogens is 2. The van der Waals surface area contributed by atoms with E-state index in [1.807, 2.05) is 6.92 Å². The number of carbonyl (C=O) groups excluding carboxylic acids is 1. The van der Waals surface area contributed by atoms with Crippen LogP contribution in [-0.4, -0.2) is 40.9 Å². The zero-order chi connectivity index (χ0) is 14.5. The summed E-state index contributed by atoms with van der Waals surface area (Å²) in [6.07, 6.45) is -0.699. The monoisotopic (exact) mass is 282 g/mol. The summed E-state index contributed by atoms with van der Waals surface area (Å²) < 4.78 is 54.6. The van der Waals surface area contributed by atoms with E-state index >= 15 is 0 Å². The SMILES string of the molecule is CCn1ccnc1CC(=O)COCC(F)(F)C(F)F. The molecule has 0 spiro atoms. The van der Waals surface area contributed by atoms with Crippen molar-refractivity contribution in [1.29, 1.82) is 0 Å². The number of hydrogen-bond acceptors (Lipinski definition) is 3. The predicted octanol–water partition coefficient (Wildman–Crippen LogP) is 1.93. The highest BCUT2D eigenvalue weighted by atomic mass is 19.3. The van der Waals surface area contributed by atoms with E-state index < -0.39 is 31.3 Å². The van der Waals surface area contributed by atoms with Gasteiger partial charge in [0.2, 0.25) is 0 Å². The molecule has 1 aromatic rings. The molecule has 0 amide bonds. The molecule has 0 unspecified atom stereocenters. The number of halogens is 4. The Labute approximate surface area is 107 Å². The van der Waals surface area contributed by atoms with Gasteiger partial charge in [0.1, 0.15) is 19.0 Å². The Morgan fingerprint density at radius 3 is 2.79 bits per heavy atom. The van der Waals surface area contributed by atoms with E-state index in [2.05, 4.69) is 9.72 Å². The van der Waals surface area contributed by atoms with Gasteiger partial charge in [-0.25, -0.2) is 13.8 Å². The number of nitrogens with zero attached hydrogens (tertiary/aromatic N) is 2. The van der Waals surface area contributed by atoms with E-state index in [1.54, 1.807) is 10.8 Å². The molecular formula is C11H14F4N2O2. The molecule has 0 fully saturated rings. The van der Waals surface area contributed by atoms with E-state index in [0.717, 1.165) is 0 Å². The highest BCUT2D eigenvalue weighted by Gasteiger charge is 2.41. The van der Waals surface area contributed by atoms with Gasteiger partial charge in [0.05, 0.1) is 6.42 Å². The van der Waals surface area contributed by atoms with Crippen LogP contribution >= 0.6 is 0 Å². The molecule has 1 heterocycles. The van der Waals surface area contributed by atoms with Crippen LogP contribution in [0.1, 0.15) is 12.7 Å². The molecular weight excluding hydrogens is 268 g/mol. The van der Waals surface area contributed by atoms with Crippen molar-refractivity contribution in [3.8, 4) is 0 Å². The number of Topliss-reactive ketones (excluding diaryl/α,β-unsaturated/α-hetero) is 1. The lowest BCUT2D eigenvalue weighted by atomic mass is 10.3. The number of ketones is 1. The molecule has 1 rings (SSSR count). The van der Waals surface area contributed by atoms with Crippen LogP contribution in [0.3, 0.4) is 0 Å². The number of carbonyl (C=O) groups is 1. The summed E-state index contributed by atoms with van der Waals surface area (Å²) in [7, 11) is 0. The summed E-state index contributed by atoms with van der Waals surface area (Å²) in [5, 5.41) is 0. The summed E-state index contributed by atoms with van der Waals surface area (Å²) >= 11 is 0. The lowest BCUT2D eigenvalue weighted by Gasteiger charge is -2.14. The first kappa shape index (κ1) is 15.6. The van der Waals surface area contributed by atoms with Gasteiger partial charge in [-0.1, -0.05) is 0 Å². The molecule has 108 valence electrons. The average molecular weight is 282 g/mol. The fourth-order valence-corrected chi connectivity index (χ4v) is 1.39. The van der Waals surface area contributed by atoms with E-state index in [1.165, 1.54) is 6.20 Å². The second-order valence-electron chi connectivity index (χ2n) is 3.90. The molecule has 0 N–H and O–H groups in total. The van der Waals surface area contributed by atoms with Crippen LogP contribution < -0.4 is 0 Å². The first-order chi connectivity index (χ1) is 8.86. The topological polar surface area (TPSA) is 44.1 Å². The average Bonchev–Trinajstić information content (AvgIpc) is 2.75. The summed E-state index contributed by atoms with van der Waals surface area (Å²) in [5.41, 5.74) is 0. The maximum atomic E-state index is 12.5. The van der Waals surface area contributed by atoms with E-state index in [9.17, 15) is 22.4 Å². The Balaban J connectivity index is 2.37. The van der Waals surface area contributed by atoms with Gasteiger partial charge in [-0.3, -0.25) is 4.79 Å². The van der Waals surface area contributed by atoms with Crippen LogP contribution in [0.25, 0.3) is 0 Å². The molecule has 0 aliphatic heterocycles. The summed E-state index contributed by atoms with van der Waals surface area (Å²) in [6.45, 7) is 0.361. The third-order valence-corrected chi connectivity index (χ3v) is 2.37. The van der Waals surface area contributed by atoms with Gasteiger partial charge < -0.3 is 9.30 Å². The molecule has 8 heteroatoms. The first-order valence-corrected chi connectivity index (χ1v) is 5.62. The molecule has 4 nitrogen and oxygen atoms in total. The first-order valence-electron chi connectivity index (χ1n) is 5.62. The van der Waals surface area contributed by atoms with Crippen molar-refractivity contribution in [3.63, 3.8) is 0 Å². The molecule has 19 heavy (non-hydrogen) atoms. The van der Waals surface area contributed by atoms with Crippen molar-refractivity contribution < 1.29 is 27.1 Å². The minimum atomic E-state index is -4.23. The fraction of sp³-hybridized carbons (Fsp3) is 0.636.